The van der Waals surface area contributed by atoms with Gasteiger partial charge in [0, 0.05) is 24.1 Å². The van der Waals surface area contributed by atoms with Gasteiger partial charge in [-0.1, -0.05) is 20.8 Å². The molecule has 1 unspecified atom stereocenters. The van der Waals surface area contributed by atoms with E-state index in [1.54, 1.807) is 11.3 Å². The van der Waals surface area contributed by atoms with Crippen molar-refractivity contribution in [3.63, 3.8) is 0 Å². The highest BCUT2D eigenvalue weighted by molar-refractivity contribution is 7.11. The molecule has 3 nitrogen and oxygen atoms in total. The zero-order valence-electron chi connectivity index (χ0n) is 11.5. The van der Waals surface area contributed by atoms with Crippen LogP contribution < -0.4 is 5.32 Å². The van der Waals surface area contributed by atoms with E-state index in [1.165, 1.54) is 4.88 Å². The summed E-state index contributed by atoms with van der Waals surface area (Å²) in [4.78, 5) is 5.96. The molecule has 0 saturated heterocycles. The van der Waals surface area contributed by atoms with Gasteiger partial charge in [0.1, 0.15) is 11.1 Å². The average Bonchev–Trinajstić information content (AvgIpc) is 2.64. The second-order valence-electron chi connectivity index (χ2n) is 4.45. The largest absolute Gasteiger partial charge is 0.371 e. The summed E-state index contributed by atoms with van der Waals surface area (Å²) < 4.78 is 5.70. The summed E-state index contributed by atoms with van der Waals surface area (Å²) in [5.41, 5.74) is 1.14. The molecule has 0 amide bonds. The van der Waals surface area contributed by atoms with E-state index in [4.69, 9.17) is 4.74 Å². The number of rotatable bonds is 7. The van der Waals surface area contributed by atoms with Crippen molar-refractivity contribution < 1.29 is 4.74 Å². The highest BCUT2D eigenvalue weighted by atomic mass is 32.1. The Morgan fingerprint density at radius 3 is 2.59 bits per heavy atom. The molecule has 0 radical (unpaired) electrons. The van der Waals surface area contributed by atoms with E-state index in [-0.39, 0.29) is 6.10 Å². The molecule has 1 heterocycles. The van der Waals surface area contributed by atoms with Crippen LogP contribution in [0.5, 0.6) is 0 Å². The van der Waals surface area contributed by atoms with Gasteiger partial charge in [-0.05, 0) is 20.3 Å². The number of thiazole rings is 1. The Kier molecular flexibility index (Phi) is 6.09. The lowest BCUT2D eigenvalue weighted by atomic mass is 10.3. The molecule has 0 spiro atoms. The molecule has 4 heteroatoms. The lowest BCUT2D eigenvalue weighted by Crippen LogP contribution is -2.21. The normalized spacial score (nSPS) is 13.3. The number of ether oxygens (including phenoxy) is 1. The summed E-state index contributed by atoms with van der Waals surface area (Å²) in [5.74, 6) is 0. The van der Waals surface area contributed by atoms with Gasteiger partial charge in [0.25, 0.3) is 0 Å². The minimum absolute atomic E-state index is 0.163. The maximum Gasteiger partial charge on any atom is 0.122 e. The molecule has 0 aliphatic carbocycles. The zero-order chi connectivity index (χ0) is 12.8. The van der Waals surface area contributed by atoms with Crippen molar-refractivity contribution in [1.82, 2.24) is 10.3 Å². The molecule has 1 N–H and O–H groups in total. The Morgan fingerprint density at radius 2 is 2.06 bits per heavy atom. The van der Waals surface area contributed by atoms with E-state index in [9.17, 15) is 0 Å². The molecular formula is C13H24N2OS. The molecule has 0 fully saturated rings. The molecular weight excluding hydrogens is 232 g/mol. The topological polar surface area (TPSA) is 34.1 Å². The Balaban J connectivity index is 2.72. The van der Waals surface area contributed by atoms with E-state index >= 15 is 0 Å². The van der Waals surface area contributed by atoms with Gasteiger partial charge < -0.3 is 10.1 Å². The number of nitrogens with zero attached hydrogens (tertiary/aromatic N) is 1. The first-order valence-electron chi connectivity index (χ1n) is 6.39. The molecule has 0 aromatic carbocycles. The fourth-order valence-corrected chi connectivity index (χ4v) is 2.76. The van der Waals surface area contributed by atoms with Crippen molar-refractivity contribution in [2.24, 2.45) is 0 Å². The van der Waals surface area contributed by atoms with E-state index in [2.05, 4.69) is 38.0 Å². The van der Waals surface area contributed by atoms with Crippen LogP contribution in [-0.4, -0.2) is 17.6 Å². The summed E-state index contributed by atoms with van der Waals surface area (Å²) in [6.45, 7) is 12.2. The predicted octanol–water partition coefficient (Wildman–Crippen LogP) is 3.44. The minimum atomic E-state index is 0.163. The first-order chi connectivity index (χ1) is 8.08. The number of hydrogen-bond acceptors (Lipinski definition) is 4. The van der Waals surface area contributed by atoms with Crippen LogP contribution in [0.2, 0.25) is 0 Å². The monoisotopic (exact) mass is 256 g/mol. The number of hydrogen-bond donors (Lipinski definition) is 1. The van der Waals surface area contributed by atoms with Crippen molar-refractivity contribution in [3.8, 4) is 0 Å². The third-order valence-electron chi connectivity index (χ3n) is 2.59. The lowest BCUT2D eigenvalue weighted by molar-refractivity contribution is 0.0596. The van der Waals surface area contributed by atoms with Crippen molar-refractivity contribution in [2.45, 2.75) is 59.7 Å². The first kappa shape index (κ1) is 14.6. The quantitative estimate of drug-likeness (QED) is 0.811. The van der Waals surface area contributed by atoms with Crippen molar-refractivity contribution >= 4 is 11.3 Å². The van der Waals surface area contributed by atoms with Crippen molar-refractivity contribution in [2.75, 3.05) is 6.61 Å². The summed E-state index contributed by atoms with van der Waals surface area (Å²) >= 11 is 1.78. The number of nitrogens with one attached hydrogen (secondary N) is 1. The second-order valence-corrected chi connectivity index (χ2v) is 5.56. The van der Waals surface area contributed by atoms with E-state index < -0.39 is 0 Å². The molecule has 1 rings (SSSR count). The third-order valence-corrected chi connectivity index (χ3v) is 3.84. The van der Waals surface area contributed by atoms with Gasteiger partial charge in [-0.2, -0.15) is 0 Å². The molecule has 0 aliphatic rings. The smallest absolute Gasteiger partial charge is 0.122 e. The number of aryl methyl sites for hydroxylation is 1. The van der Waals surface area contributed by atoms with Crippen LogP contribution in [0, 0.1) is 6.92 Å². The maximum absolute atomic E-state index is 5.70. The van der Waals surface area contributed by atoms with Crippen LogP contribution in [0.15, 0.2) is 0 Å². The van der Waals surface area contributed by atoms with Crippen LogP contribution in [0.3, 0.4) is 0 Å². The Hall–Kier alpha value is -0.450. The molecule has 0 saturated carbocycles. The van der Waals surface area contributed by atoms with E-state index in [0.717, 1.165) is 30.3 Å². The molecule has 17 heavy (non-hydrogen) atoms. The van der Waals surface area contributed by atoms with E-state index in [1.807, 2.05) is 6.92 Å². The summed E-state index contributed by atoms with van der Waals surface area (Å²) in [6, 6.07) is 0.508. The highest BCUT2D eigenvalue weighted by Crippen LogP contribution is 2.28. The first-order valence-corrected chi connectivity index (χ1v) is 7.21. The van der Waals surface area contributed by atoms with Crippen molar-refractivity contribution in [1.29, 1.82) is 0 Å². The third kappa shape index (κ3) is 4.37. The van der Waals surface area contributed by atoms with Crippen LogP contribution >= 0.6 is 11.3 Å². The van der Waals surface area contributed by atoms with Crippen LogP contribution in [0.4, 0.5) is 0 Å². The fraction of sp³-hybridized carbons (Fsp3) is 0.769. The highest BCUT2D eigenvalue weighted by Gasteiger charge is 2.16. The second kappa shape index (κ2) is 7.09. The maximum atomic E-state index is 5.70. The molecule has 0 bridgehead atoms. The Morgan fingerprint density at radius 1 is 1.35 bits per heavy atom. The van der Waals surface area contributed by atoms with E-state index in [0.29, 0.717) is 6.04 Å². The average molecular weight is 256 g/mol. The standard InChI is InChI=1S/C13H24N2OS/c1-6-11(16-7-2)13-15-10(5)12(17-13)8-14-9(3)4/h9,11,14H,6-8H2,1-5H3. The Labute approximate surface area is 109 Å². The van der Waals surface area contributed by atoms with Gasteiger partial charge in [-0.25, -0.2) is 4.98 Å². The van der Waals surface area contributed by atoms with Gasteiger partial charge in [-0.15, -0.1) is 11.3 Å². The molecule has 0 aliphatic heterocycles. The SMILES string of the molecule is CCOC(CC)c1nc(C)c(CNC(C)C)s1. The summed E-state index contributed by atoms with van der Waals surface area (Å²) in [6.07, 6.45) is 1.15. The molecule has 98 valence electrons. The summed E-state index contributed by atoms with van der Waals surface area (Å²) in [5, 5.41) is 4.55. The number of aromatic nitrogens is 1. The van der Waals surface area contributed by atoms with Gasteiger partial charge in [0.05, 0.1) is 5.69 Å². The molecule has 1 aromatic rings. The van der Waals surface area contributed by atoms with Gasteiger partial charge in [-0.3, -0.25) is 0 Å². The molecule has 1 aromatic heterocycles. The van der Waals surface area contributed by atoms with Gasteiger partial charge >= 0.3 is 0 Å². The Bertz CT molecular complexity index is 336. The van der Waals surface area contributed by atoms with Gasteiger partial charge in [0.15, 0.2) is 0 Å². The van der Waals surface area contributed by atoms with Crippen LogP contribution in [0.1, 0.15) is 55.8 Å². The zero-order valence-corrected chi connectivity index (χ0v) is 12.4. The minimum Gasteiger partial charge on any atom is -0.371 e. The van der Waals surface area contributed by atoms with Crippen LogP contribution in [0.25, 0.3) is 0 Å². The van der Waals surface area contributed by atoms with Gasteiger partial charge in [0.2, 0.25) is 0 Å². The molecule has 1 atom stereocenters. The predicted molar refractivity (Wildman–Crippen MR) is 73.5 cm³/mol. The van der Waals surface area contributed by atoms with Crippen molar-refractivity contribution in [3.05, 3.63) is 15.6 Å². The van der Waals surface area contributed by atoms with Crippen LogP contribution in [-0.2, 0) is 11.3 Å². The lowest BCUT2D eigenvalue weighted by Gasteiger charge is -2.11. The summed E-state index contributed by atoms with van der Waals surface area (Å²) in [7, 11) is 0. The fourth-order valence-electron chi connectivity index (χ4n) is 1.61.